The highest BCUT2D eigenvalue weighted by Gasteiger charge is 2.33. The molecule has 2 aromatic rings. The summed E-state index contributed by atoms with van der Waals surface area (Å²) >= 11 is 0. The summed E-state index contributed by atoms with van der Waals surface area (Å²) < 4.78 is 32.4. The van der Waals surface area contributed by atoms with Crippen LogP contribution in [0.5, 0.6) is 5.75 Å². The molecule has 4 heteroatoms. The zero-order valence-electron chi connectivity index (χ0n) is 15.8. The molecule has 142 valence electrons. The molecule has 0 spiro atoms. The fourth-order valence-electron chi connectivity index (χ4n) is 3.54. The Hall–Kier alpha value is -1.68. The summed E-state index contributed by atoms with van der Waals surface area (Å²) in [5.74, 6) is -1.08. The summed E-state index contributed by atoms with van der Waals surface area (Å²) in [5.41, 5.74) is 1.24. The van der Waals surface area contributed by atoms with Crippen LogP contribution in [0, 0.1) is 0 Å². The molecule has 2 aromatic carbocycles. The Labute approximate surface area is 155 Å². The predicted molar refractivity (Wildman–Crippen MR) is 103 cm³/mol. The van der Waals surface area contributed by atoms with Gasteiger partial charge in [0.15, 0.2) is 0 Å². The third kappa shape index (κ3) is 4.94. The van der Waals surface area contributed by atoms with E-state index >= 15 is 0 Å². The van der Waals surface area contributed by atoms with Crippen LogP contribution >= 0.6 is 0 Å². The van der Waals surface area contributed by atoms with Crippen LogP contribution in [-0.2, 0) is 0 Å². The number of benzene rings is 2. The predicted octanol–water partition coefficient (Wildman–Crippen LogP) is 5.85. The summed E-state index contributed by atoms with van der Waals surface area (Å²) in [6.07, 6.45) is 1.92. The van der Waals surface area contributed by atoms with Gasteiger partial charge < -0.3 is 9.64 Å². The summed E-state index contributed by atoms with van der Waals surface area (Å²) in [4.78, 5) is 2.15. The van der Waals surface area contributed by atoms with E-state index in [9.17, 15) is 8.78 Å². The lowest BCUT2D eigenvalue weighted by molar-refractivity contribution is -0.0552. The minimum absolute atomic E-state index is 0.00165. The van der Waals surface area contributed by atoms with Gasteiger partial charge in [-0.05, 0) is 53.8 Å². The molecule has 1 saturated heterocycles. The maximum Gasteiger partial charge on any atom is 0.250 e. The van der Waals surface area contributed by atoms with E-state index in [0.717, 1.165) is 25.1 Å². The highest BCUT2D eigenvalue weighted by molar-refractivity contribution is 5.85. The summed E-state index contributed by atoms with van der Waals surface area (Å²) in [6.45, 7) is 6.94. The van der Waals surface area contributed by atoms with Crippen molar-refractivity contribution in [2.24, 2.45) is 0 Å². The van der Waals surface area contributed by atoms with E-state index in [-0.39, 0.29) is 12.8 Å². The zero-order chi connectivity index (χ0) is 18.6. The normalized spacial score (nSPS) is 17.7. The van der Waals surface area contributed by atoms with Gasteiger partial charge >= 0.3 is 0 Å². The van der Waals surface area contributed by atoms with Crippen molar-refractivity contribution >= 4 is 10.8 Å². The molecule has 0 radical (unpaired) electrons. The first kappa shape index (κ1) is 19.1. The van der Waals surface area contributed by atoms with Crippen molar-refractivity contribution in [3.63, 3.8) is 0 Å². The molecule has 0 aromatic heterocycles. The smallest absolute Gasteiger partial charge is 0.250 e. The minimum Gasteiger partial charge on any atom is -0.493 e. The Kier molecular flexibility index (Phi) is 6.13. The monoisotopic (exact) mass is 361 g/mol. The van der Waals surface area contributed by atoms with Gasteiger partial charge in [0.2, 0.25) is 0 Å². The second-order valence-electron chi connectivity index (χ2n) is 7.65. The number of piperidine rings is 1. The highest BCUT2D eigenvalue weighted by Crippen LogP contribution is 2.32. The molecule has 0 bridgehead atoms. The second-order valence-corrected chi connectivity index (χ2v) is 7.65. The summed E-state index contributed by atoms with van der Waals surface area (Å²) in [5, 5.41) is 2.44. The van der Waals surface area contributed by atoms with Crippen LogP contribution in [0.1, 0.15) is 51.0 Å². The molecular formula is C22H29F2NO. The molecule has 0 atom stereocenters. The first-order chi connectivity index (χ1) is 12.4. The van der Waals surface area contributed by atoms with Crippen molar-refractivity contribution in [1.29, 1.82) is 0 Å². The van der Waals surface area contributed by atoms with Gasteiger partial charge in [-0.1, -0.05) is 38.1 Å². The molecule has 26 heavy (non-hydrogen) atoms. The van der Waals surface area contributed by atoms with Crippen LogP contribution in [0.2, 0.25) is 0 Å². The van der Waals surface area contributed by atoms with E-state index in [1.54, 1.807) is 0 Å². The van der Waals surface area contributed by atoms with E-state index in [4.69, 9.17) is 4.74 Å². The van der Waals surface area contributed by atoms with Crippen LogP contribution < -0.4 is 4.74 Å². The van der Waals surface area contributed by atoms with Crippen molar-refractivity contribution in [2.75, 3.05) is 26.2 Å². The van der Waals surface area contributed by atoms with Gasteiger partial charge in [0.05, 0.1) is 6.61 Å². The third-order valence-electron chi connectivity index (χ3n) is 5.21. The number of unbranched alkanes of at least 4 members (excludes halogenated alkanes) is 1. The Morgan fingerprint density at radius 2 is 1.69 bits per heavy atom. The van der Waals surface area contributed by atoms with E-state index < -0.39 is 5.92 Å². The highest BCUT2D eigenvalue weighted by atomic mass is 19.3. The van der Waals surface area contributed by atoms with E-state index in [0.29, 0.717) is 25.6 Å². The van der Waals surface area contributed by atoms with Gasteiger partial charge in [-0.2, -0.15) is 0 Å². The number of fused-ring (bicyclic) bond motifs is 1. The van der Waals surface area contributed by atoms with Crippen LogP contribution in [0.3, 0.4) is 0 Å². The van der Waals surface area contributed by atoms with Crippen LogP contribution in [0.4, 0.5) is 8.78 Å². The van der Waals surface area contributed by atoms with Gasteiger partial charge in [-0.15, -0.1) is 0 Å². The largest absolute Gasteiger partial charge is 0.493 e. The standard InChI is InChI=1S/C22H29F2NO/c1-17(2)20-15-18-7-3-4-8-19(18)16-21(20)26-14-6-5-11-25-12-9-22(23,24)10-13-25/h3-4,7-8,15-17H,5-6,9-14H2,1-2H3. The number of alkyl halides is 2. The molecule has 2 nitrogen and oxygen atoms in total. The Balaban J connectivity index is 1.49. The van der Waals surface area contributed by atoms with Crippen molar-refractivity contribution in [2.45, 2.75) is 51.4 Å². The first-order valence-corrected chi connectivity index (χ1v) is 9.70. The number of rotatable bonds is 7. The second kappa shape index (κ2) is 8.34. The van der Waals surface area contributed by atoms with Crippen LogP contribution in [0.15, 0.2) is 36.4 Å². The van der Waals surface area contributed by atoms with Crippen molar-refractivity contribution in [3.8, 4) is 5.75 Å². The lowest BCUT2D eigenvalue weighted by Gasteiger charge is -2.31. The number of hydrogen-bond acceptors (Lipinski definition) is 2. The molecule has 1 heterocycles. The number of hydrogen-bond donors (Lipinski definition) is 0. The number of ether oxygens (including phenoxy) is 1. The van der Waals surface area contributed by atoms with Gasteiger partial charge in [-0.3, -0.25) is 0 Å². The lowest BCUT2D eigenvalue weighted by Crippen LogP contribution is -2.39. The Morgan fingerprint density at radius 3 is 2.35 bits per heavy atom. The fourth-order valence-corrected chi connectivity index (χ4v) is 3.54. The molecule has 0 aliphatic carbocycles. The Bertz CT molecular complexity index is 719. The maximum absolute atomic E-state index is 13.2. The van der Waals surface area contributed by atoms with E-state index in [2.05, 4.69) is 49.1 Å². The van der Waals surface area contributed by atoms with Gasteiger partial charge in [-0.25, -0.2) is 8.78 Å². The quantitative estimate of drug-likeness (QED) is 0.573. The minimum atomic E-state index is -2.46. The van der Waals surface area contributed by atoms with E-state index in [1.165, 1.54) is 16.3 Å². The van der Waals surface area contributed by atoms with Gasteiger partial charge in [0.1, 0.15) is 5.75 Å². The topological polar surface area (TPSA) is 12.5 Å². The average Bonchev–Trinajstić information content (AvgIpc) is 2.62. The Morgan fingerprint density at radius 1 is 1.04 bits per heavy atom. The number of nitrogens with zero attached hydrogens (tertiary/aromatic N) is 1. The molecule has 0 N–H and O–H groups in total. The molecule has 0 saturated carbocycles. The summed E-state index contributed by atoms with van der Waals surface area (Å²) in [7, 11) is 0. The molecule has 3 rings (SSSR count). The van der Waals surface area contributed by atoms with Crippen molar-refractivity contribution < 1.29 is 13.5 Å². The van der Waals surface area contributed by atoms with E-state index in [1.807, 2.05) is 6.07 Å². The number of likely N-dealkylation sites (tertiary alicyclic amines) is 1. The maximum atomic E-state index is 13.2. The molecular weight excluding hydrogens is 332 g/mol. The van der Waals surface area contributed by atoms with Gasteiger partial charge in [0.25, 0.3) is 5.92 Å². The SMILES string of the molecule is CC(C)c1cc2ccccc2cc1OCCCCN1CCC(F)(F)CC1. The number of halogens is 2. The van der Waals surface area contributed by atoms with Crippen molar-refractivity contribution in [3.05, 3.63) is 42.0 Å². The molecule has 1 fully saturated rings. The van der Waals surface area contributed by atoms with Crippen LogP contribution in [0.25, 0.3) is 10.8 Å². The molecule has 0 amide bonds. The van der Waals surface area contributed by atoms with Crippen LogP contribution in [-0.4, -0.2) is 37.1 Å². The fraction of sp³-hybridized carbons (Fsp3) is 0.545. The van der Waals surface area contributed by atoms with Crippen molar-refractivity contribution in [1.82, 2.24) is 4.90 Å². The summed E-state index contributed by atoms with van der Waals surface area (Å²) in [6, 6.07) is 12.7. The molecule has 1 aliphatic heterocycles. The lowest BCUT2D eigenvalue weighted by atomic mass is 9.98. The zero-order valence-corrected chi connectivity index (χ0v) is 15.8. The first-order valence-electron chi connectivity index (χ1n) is 9.70. The molecule has 0 unspecified atom stereocenters. The molecule has 1 aliphatic rings. The average molecular weight is 361 g/mol. The third-order valence-corrected chi connectivity index (χ3v) is 5.21. The van der Waals surface area contributed by atoms with Gasteiger partial charge in [0, 0.05) is 25.9 Å².